The Morgan fingerprint density at radius 1 is 1.06 bits per heavy atom. The van der Waals surface area contributed by atoms with Crippen LogP contribution in [0, 0.1) is 0 Å². The average molecular weight is 257 g/mol. The van der Waals surface area contributed by atoms with E-state index in [0.717, 1.165) is 22.8 Å². The largest absolute Gasteiger partial charge is 0.381 e. The number of rotatable bonds is 3. The van der Waals surface area contributed by atoms with Crippen LogP contribution in [0.4, 0.5) is 5.69 Å². The maximum atomic E-state index is 5.97. The molecule has 1 heterocycles. The number of aromatic nitrogens is 1. The van der Waals surface area contributed by atoms with E-state index in [4.69, 9.17) is 11.6 Å². The van der Waals surface area contributed by atoms with Gasteiger partial charge in [-0.2, -0.15) is 0 Å². The third-order valence-electron chi connectivity index (χ3n) is 2.99. The summed E-state index contributed by atoms with van der Waals surface area (Å²) in [6.45, 7) is 0.797. The molecule has 0 atom stereocenters. The second kappa shape index (κ2) is 4.75. The van der Waals surface area contributed by atoms with Gasteiger partial charge in [0.15, 0.2) is 0 Å². The van der Waals surface area contributed by atoms with E-state index >= 15 is 0 Å². The van der Waals surface area contributed by atoms with Crippen molar-refractivity contribution < 1.29 is 0 Å². The first-order valence-electron chi connectivity index (χ1n) is 5.87. The van der Waals surface area contributed by atoms with Gasteiger partial charge in [-0.05, 0) is 29.8 Å². The fraction of sp³-hybridized carbons (Fsp3) is 0.0667. The first-order valence-corrected chi connectivity index (χ1v) is 6.25. The Bertz CT molecular complexity index is 659. The first-order chi connectivity index (χ1) is 8.83. The van der Waals surface area contributed by atoms with E-state index < -0.39 is 0 Å². The third-order valence-corrected chi connectivity index (χ3v) is 3.22. The van der Waals surface area contributed by atoms with E-state index in [1.807, 2.05) is 36.5 Å². The van der Waals surface area contributed by atoms with Gasteiger partial charge in [-0.1, -0.05) is 35.9 Å². The van der Waals surface area contributed by atoms with Gasteiger partial charge in [0.05, 0.1) is 0 Å². The summed E-state index contributed by atoms with van der Waals surface area (Å²) in [4.78, 5) is 3.24. The monoisotopic (exact) mass is 256 g/mol. The zero-order valence-electron chi connectivity index (χ0n) is 9.78. The molecule has 0 unspecified atom stereocenters. The molecule has 0 aliphatic rings. The molecule has 0 aliphatic heterocycles. The lowest BCUT2D eigenvalue weighted by atomic mass is 10.2. The number of hydrogen-bond acceptors (Lipinski definition) is 1. The van der Waals surface area contributed by atoms with Gasteiger partial charge in [0.2, 0.25) is 0 Å². The topological polar surface area (TPSA) is 27.8 Å². The van der Waals surface area contributed by atoms with Crippen LogP contribution in [-0.4, -0.2) is 4.98 Å². The van der Waals surface area contributed by atoms with Crippen molar-refractivity contribution >= 4 is 28.2 Å². The maximum absolute atomic E-state index is 5.97. The highest BCUT2D eigenvalue weighted by Crippen LogP contribution is 2.22. The molecule has 2 N–H and O–H groups in total. The van der Waals surface area contributed by atoms with Crippen molar-refractivity contribution in [1.29, 1.82) is 0 Å². The molecule has 0 spiro atoms. The maximum Gasteiger partial charge on any atom is 0.0472 e. The standard InChI is InChI=1S/C15H13ClN2/c16-12-6-7-14-11(10-18-15(14)8-12)9-17-13-4-2-1-3-5-13/h1-8,10,17-18H,9H2. The van der Waals surface area contributed by atoms with Gasteiger partial charge in [0.1, 0.15) is 0 Å². The fourth-order valence-electron chi connectivity index (χ4n) is 2.06. The van der Waals surface area contributed by atoms with E-state index in [1.165, 1.54) is 10.9 Å². The fourth-order valence-corrected chi connectivity index (χ4v) is 2.23. The lowest BCUT2D eigenvalue weighted by Crippen LogP contribution is -1.97. The minimum Gasteiger partial charge on any atom is -0.381 e. The molecule has 0 aliphatic carbocycles. The number of nitrogens with one attached hydrogen (secondary N) is 2. The Balaban J connectivity index is 1.83. The number of benzene rings is 2. The Morgan fingerprint density at radius 2 is 1.89 bits per heavy atom. The molecule has 18 heavy (non-hydrogen) atoms. The molecule has 2 nitrogen and oxygen atoms in total. The lowest BCUT2D eigenvalue weighted by molar-refractivity contribution is 1.16. The van der Waals surface area contributed by atoms with Crippen LogP contribution >= 0.6 is 11.6 Å². The van der Waals surface area contributed by atoms with Crippen molar-refractivity contribution in [1.82, 2.24) is 4.98 Å². The summed E-state index contributed by atoms with van der Waals surface area (Å²) < 4.78 is 0. The van der Waals surface area contributed by atoms with Gasteiger partial charge in [-0.15, -0.1) is 0 Å². The molecule has 0 bridgehead atoms. The predicted molar refractivity (Wildman–Crippen MR) is 77.1 cm³/mol. The van der Waals surface area contributed by atoms with Gasteiger partial charge >= 0.3 is 0 Å². The smallest absolute Gasteiger partial charge is 0.0472 e. The normalized spacial score (nSPS) is 10.7. The van der Waals surface area contributed by atoms with Gasteiger partial charge in [0, 0.05) is 34.4 Å². The van der Waals surface area contributed by atoms with Crippen LogP contribution in [0.15, 0.2) is 54.7 Å². The van der Waals surface area contributed by atoms with Crippen LogP contribution in [0.25, 0.3) is 10.9 Å². The molecule has 3 heteroatoms. The number of fused-ring (bicyclic) bond motifs is 1. The second-order valence-electron chi connectivity index (χ2n) is 4.22. The number of aromatic amines is 1. The summed E-state index contributed by atoms with van der Waals surface area (Å²) in [7, 11) is 0. The molecule has 1 aromatic heterocycles. The number of anilines is 1. The summed E-state index contributed by atoms with van der Waals surface area (Å²) in [5, 5.41) is 5.37. The Morgan fingerprint density at radius 3 is 2.72 bits per heavy atom. The van der Waals surface area contributed by atoms with Crippen molar-refractivity contribution in [3.63, 3.8) is 0 Å². The molecular formula is C15H13ClN2. The number of H-pyrrole nitrogens is 1. The van der Waals surface area contributed by atoms with Crippen LogP contribution in [-0.2, 0) is 6.54 Å². The quantitative estimate of drug-likeness (QED) is 0.713. The van der Waals surface area contributed by atoms with Crippen molar-refractivity contribution in [2.45, 2.75) is 6.54 Å². The van der Waals surface area contributed by atoms with Crippen LogP contribution < -0.4 is 5.32 Å². The zero-order chi connectivity index (χ0) is 12.4. The molecule has 2 aromatic carbocycles. The van der Waals surface area contributed by atoms with Crippen LogP contribution in [0.2, 0.25) is 5.02 Å². The molecule has 0 saturated carbocycles. The Labute approximate surface area is 111 Å². The number of halogens is 1. The van der Waals surface area contributed by atoms with Crippen molar-refractivity contribution in [3.05, 3.63) is 65.3 Å². The van der Waals surface area contributed by atoms with E-state index in [-0.39, 0.29) is 0 Å². The van der Waals surface area contributed by atoms with Crippen LogP contribution in [0.3, 0.4) is 0 Å². The van der Waals surface area contributed by atoms with Crippen molar-refractivity contribution in [2.24, 2.45) is 0 Å². The second-order valence-corrected chi connectivity index (χ2v) is 4.66. The average Bonchev–Trinajstić information content (AvgIpc) is 2.80. The van der Waals surface area contributed by atoms with Crippen molar-refractivity contribution in [2.75, 3.05) is 5.32 Å². The molecule has 0 saturated heterocycles. The minimum atomic E-state index is 0.756. The SMILES string of the molecule is Clc1ccc2c(CNc3ccccc3)c[nH]c2c1. The Hall–Kier alpha value is -1.93. The molecule has 0 fully saturated rings. The van der Waals surface area contributed by atoms with Gasteiger partial charge in [0.25, 0.3) is 0 Å². The molecule has 0 radical (unpaired) electrons. The van der Waals surface area contributed by atoms with Crippen LogP contribution in [0.1, 0.15) is 5.56 Å². The highest BCUT2D eigenvalue weighted by Gasteiger charge is 2.03. The molecule has 3 rings (SSSR count). The number of hydrogen-bond donors (Lipinski definition) is 2. The van der Waals surface area contributed by atoms with Gasteiger partial charge in [-0.3, -0.25) is 0 Å². The summed E-state index contributed by atoms with van der Waals surface area (Å²) in [6.07, 6.45) is 2.02. The van der Waals surface area contributed by atoms with Gasteiger partial charge < -0.3 is 10.3 Å². The lowest BCUT2D eigenvalue weighted by Gasteiger charge is -2.05. The van der Waals surface area contributed by atoms with E-state index in [9.17, 15) is 0 Å². The third kappa shape index (κ3) is 2.20. The molecular weight excluding hydrogens is 244 g/mol. The van der Waals surface area contributed by atoms with Crippen molar-refractivity contribution in [3.8, 4) is 0 Å². The number of para-hydroxylation sites is 1. The highest BCUT2D eigenvalue weighted by molar-refractivity contribution is 6.31. The molecule has 90 valence electrons. The van der Waals surface area contributed by atoms with E-state index in [0.29, 0.717) is 0 Å². The van der Waals surface area contributed by atoms with Gasteiger partial charge in [-0.25, -0.2) is 0 Å². The van der Waals surface area contributed by atoms with E-state index in [1.54, 1.807) is 0 Å². The Kier molecular flexibility index (Phi) is 2.95. The molecule has 3 aromatic rings. The highest BCUT2D eigenvalue weighted by atomic mass is 35.5. The summed E-state index contributed by atoms with van der Waals surface area (Å²) >= 11 is 5.97. The first kappa shape index (κ1) is 11.2. The molecule has 0 amide bonds. The summed E-state index contributed by atoms with van der Waals surface area (Å²) in [6, 6.07) is 16.1. The van der Waals surface area contributed by atoms with E-state index in [2.05, 4.69) is 28.5 Å². The predicted octanol–water partition coefficient (Wildman–Crippen LogP) is 4.43. The minimum absolute atomic E-state index is 0.756. The van der Waals surface area contributed by atoms with Crippen LogP contribution in [0.5, 0.6) is 0 Å². The zero-order valence-corrected chi connectivity index (χ0v) is 10.5. The summed E-state index contributed by atoms with van der Waals surface area (Å²) in [5.74, 6) is 0. The summed E-state index contributed by atoms with van der Waals surface area (Å²) in [5.41, 5.74) is 3.44.